The van der Waals surface area contributed by atoms with Gasteiger partial charge in [0.25, 0.3) is 5.91 Å². The Balaban J connectivity index is 1.81. The van der Waals surface area contributed by atoms with E-state index in [-0.39, 0.29) is 24.9 Å². The number of carbonyl (C=O) groups excluding carboxylic acids is 2. The first-order chi connectivity index (χ1) is 13.4. The molecule has 0 atom stereocenters. The second-order valence-electron chi connectivity index (χ2n) is 6.64. The topological polar surface area (TPSA) is 62.6 Å². The molecule has 3 aromatic rings. The van der Waals surface area contributed by atoms with Crippen LogP contribution >= 0.6 is 15.9 Å². The average Bonchev–Trinajstić information content (AvgIpc) is 3.15. The Morgan fingerprint density at radius 3 is 2.39 bits per heavy atom. The van der Waals surface area contributed by atoms with E-state index in [9.17, 15) is 9.59 Å². The second-order valence-corrected chi connectivity index (χ2v) is 7.50. The number of nitrogens with one attached hydrogen (secondary N) is 1. The fourth-order valence-corrected chi connectivity index (χ4v) is 3.38. The molecule has 0 bridgehead atoms. The number of nitrogens with zero attached hydrogens (tertiary/aromatic N) is 1. The number of carbonyl (C=O) groups is 2. The van der Waals surface area contributed by atoms with Gasteiger partial charge in [0.15, 0.2) is 0 Å². The zero-order valence-electron chi connectivity index (χ0n) is 15.7. The monoisotopic (exact) mass is 440 g/mol. The zero-order chi connectivity index (χ0) is 20.1. The molecule has 2 amide bonds. The minimum Gasteiger partial charge on any atom is -0.467 e. The van der Waals surface area contributed by atoms with E-state index in [0.717, 1.165) is 15.6 Å². The van der Waals surface area contributed by atoms with Crippen LogP contribution in [-0.2, 0) is 11.3 Å². The van der Waals surface area contributed by atoms with Crippen LogP contribution in [0.15, 0.2) is 69.8 Å². The predicted molar refractivity (Wildman–Crippen MR) is 112 cm³/mol. The summed E-state index contributed by atoms with van der Waals surface area (Å²) < 4.78 is 6.16. The normalized spacial score (nSPS) is 10.5. The molecule has 1 N–H and O–H groups in total. The Kier molecular flexibility index (Phi) is 6.31. The van der Waals surface area contributed by atoms with Gasteiger partial charge in [-0.3, -0.25) is 9.59 Å². The number of anilines is 1. The summed E-state index contributed by atoms with van der Waals surface area (Å²) in [6.07, 6.45) is 1.55. The first-order valence-electron chi connectivity index (χ1n) is 8.86. The summed E-state index contributed by atoms with van der Waals surface area (Å²) in [6.45, 7) is 4.01. The minimum absolute atomic E-state index is 0.0894. The lowest BCUT2D eigenvalue weighted by atomic mass is 10.1. The molecule has 0 aliphatic heterocycles. The van der Waals surface area contributed by atoms with Gasteiger partial charge in [-0.2, -0.15) is 0 Å². The standard InChI is InChI=1S/C22H21BrN2O3/c1-15-10-16(2)12-17(11-15)22(27)25(13-18-6-5-9-28-18)14-21(26)24-20-8-4-3-7-19(20)23/h3-12H,13-14H2,1-2H3,(H,24,26). The number of amides is 2. The summed E-state index contributed by atoms with van der Waals surface area (Å²) in [6, 6.07) is 16.6. The first kappa shape index (κ1) is 19.9. The zero-order valence-corrected chi connectivity index (χ0v) is 17.3. The summed E-state index contributed by atoms with van der Waals surface area (Å²) in [4.78, 5) is 27.2. The van der Waals surface area contributed by atoms with E-state index in [2.05, 4.69) is 21.2 Å². The van der Waals surface area contributed by atoms with E-state index in [0.29, 0.717) is 17.0 Å². The molecule has 0 saturated carbocycles. The molecule has 0 spiro atoms. The molecule has 5 nitrogen and oxygen atoms in total. The van der Waals surface area contributed by atoms with Crippen LogP contribution < -0.4 is 5.32 Å². The van der Waals surface area contributed by atoms with Gasteiger partial charge in [-0.25, -0.2) is 0 Å². The van der Waals surface area contributed by atoms with Crippen molar-refractivity contribution >= 4 is 33.4 Å². The van der Waals surface area contributed by atoms with Crippen LogP contribution in [0.4, 0.5) is 5.69 Å². The number of aryl methyl sites for hydroxylation is 2. The largest absolute Gasteiger partial charge is 0.467 e. The summed E-state index contributed by atoms with van der Waals surface area (Å²) in [5.41, 5.74) is 3.21. The number of hydrogen-bond donors (Lipinski definition) is 1. The maximum atomic E-state index is 13.1. The van der Waals surface area contributed by atoms with Crippen LogP contribution in [0.5, 0.6) is 0 Å². The number of benzene rings is 2. The lowest BCUT2D eigenvalue weighted by Crippen LogP contribution is -2.37. The number of para-hydroxylation sites is 1. The number of furan rings is 1. The van der Waals surface area contributed by atoms with Gasteiger partial charge in [-0.1, -0.05) is 29.3 Å². The van der Waals surface area contributed by atoms with Crippen molar-refractivity contribution < 1.29 is 14.0 Å². The van der Waals surface area contributed by atoms with Crippen molar-refractivity contribution in [2.45, 2.75) is 20.4 Å². The van der Waals surface area contributed by atoms with Crippen molar-refractivity contribution in [3.63, 3.8) is 0 Å². The van der Waals surface area contributed by atoms with E-state index < -0.39 is 0 Å². The second kappa shape index (κ2) is 8.89. The van der Waals surface area contributed by atoms with E-state index in [1.54, 1.807) is 24.5 Å². The SMILES string of the molecule is Cc1cc(C)cc(C(=O)N(CC(=O)Nc2ccccc2Br)Cc2ccco2)c1. The molecule has 144 valence electrons. The fraction of sp³-hybridized carbons (Fsp3) is 0.182. The molecular formula is C22H21BrN2O3. The highest BCUT2D eigenvalue weighted by molar-refractivity contribution is 9.10. The van der Waals surface area contributed by atoms with Gasteiger partial charge in [0.2, 0.25) is 5.91 Å². The highest BCUT2D eigenvalue weighted by atomic mass is 79.9. The predicted octanol–water partition coefficient (Wildman–Crippen LogP) is 4.94. The highest BCUT2D eigenvalue weighted by Gasteiger charge is 2.21. The fourth-order valence-electron chi connectivity index (χ4n) is 3.00. The molecular weight excluding hydrogens is 420 g/mol. The maximum absolute atomic E-state index is 13.1. The molecule has 0 aliphatic rings. The van der Waals surface area contributed by atoms with Crippen LogP contribution in [0.1, 0.15) is 27.2 Å². The maximum Gasteiger partial charge on any atom is 0.254 e. The van der Waals surface area contributed by atoms with Gasteiger partial charge in [-0.05, 0) is 66.2 Å². The average molecular weight is 441 g/mol. The third kappa shape index (κ3) is 5.10. The van der Waals surface area contributed by atoms with Crippen molar-refractivity contribution in [3.05, 3.63) is 87.8 Å². The first-order valence-corrected chi connectivity index (χ1v) is 9.66. The Hall–Kier alpha value is -2.86. The van der Waals surface area contributed by atoms with Gasteiger partial charge in [0.05, 0.1) is 18.5 Å². The van der Waals surface area contributed by atoms with Crippen molar-refractivity contribution in [2.24, 2.45) is 0 Å². The molecule has 1 aromatic heterocycles. The quantitative estimate of drug-likeness (QED) is 0.590. The molecule has 6 heteroatoms. The van der Waals surface area contributed by atoms with Crippen LogP contribution in [0.2, 0.25) is 0 Å². The van der Waals surface area contributed by atoms with E-state index >= 15 is 0 Å². The summed E-state index contributed by atoms with van der Waals surface area (Å²) in [5.74, 6) is 0.119. The molecule has 2 aromatic carbocycles. The smallest absolute Gasteiger partial charge is 0.254 e. The van der Waals surface area contributed by atoms with Crippen LogP contribution in [-0.4, -0.2) is 23.3 Å². The number of halogens is 1. The summed E-state index contributed by atoms with van der Waals surface area (Å²) in [5, 5.41) is 2.84. The summed E-state index contributed by atoms with van der Waals surface area (Å²) >= 11 is 3.41. The number of hydrogen-bond acceptors (Lipinski definition) is 3. The Labute approximate surface area is 172 Å². The van der Waals surface area contributed by atoms with Gasteiger partial charge < -0.3 is 14.6 Å². The summed E-state index contributed by atoms with van der Waals surface area (Å²) in [7, 11) is 0. The van der Waals surface area contributed by atoms with Crippen molar-refractivity contribution in [3.8, 4) is 0 Å². The third-order valence-electron chi connectivity index (χ3n) is 4.17. The van der Waals surface area contributed by atoms with Gasteiger partial charge >= 0.3 is 0 Å². The molecule has 0 radical (unpaired) electrons. The van der Waals surface area contributed by atoms with E-state index in [1.807, 2.05) is 50.2 Å². The van der Waals surface area contributed by atoms with Crippen LogP contribution in [0, 0.1) is 13.8 Å². The van der Waals surface area contributed by atoms with E-state index in [4.69, 9.17) is 4.42 Å². The van der Waals surface area contributed by atoms with Crippen LogP contribution in [0.25, 0.3) is 0 Å². The Morgan fingerprint density at radius 2 is 1.75 bits per heavy atom. The highest BCUT2D eigenvalue weighted by Crippen LogP contribution is 2.21. The molecule has 3 rings (SSSR count). The molecule has 1 heterocycles. The van der Waals surface area contributed by atoms with Gasteiger partial charge in [-0.15, -0.1) is 0 Å². The van der Waals surface area contributed by atoms with E-state index in [1.165, 1.54) is 4.90 Å². The van der Waals surface area contributed by atoms with Gasteiger partial charge in [0, 0.05) is 10.0 Å². The molecule has 28 heavy (non-hydrogen) atoms. The van der Waals surface area contributed by atoms with Crippen molar-refractivity contribution in [1.82, 2.24) is 4.90 Å². The third-order valence-corrected chi connectivity index (χ3v) is 4.86. The molecule has 0 saturated heterocycles. The lowest BCUT2D eigenvalue weighted by Gasteiger charge is -2.22. The van der Waals surface area contributed by atoms with Crippen molar-refractivity contribution in [1.29, 1.82) is 0 Å². The number of rotatable bonds is 6. The molecule has 0 unspecified atom stereocenters. The van der Waals surface area contributed by atoms with Crippen LogP contribution in [0.3, 0.4) is 0 Å². The molecule has 0 fully saturated rings. The van der Waals surface area contributed by atoms with Gasteiger partial charge in [0.1, 0.15) is 12.3 Å². The Bertz CT molecular complexity index is 963. The lowest BCUT2D eigenvalue weighted by molar-refractivity contribution is -0.117. The Morgan fingerprint density at radius 1 is 1.04 bits per heavy atom. The minimum atomic E-state index is -0.281. The molecule has 0 aliphatic carbocycles. The van der Waals surface area contributed by atoms with Crippen molar-refractivity contribution in [2.75, 3.05) is 11.9 Å².